The molecule has 73 valence electrons. The molecule has 1 heteroatoms. The van der Waals surface area contributed by atoms with Crippen LogP contribution in [0.2, 0.25) is 0 Å². The van der Waals surface area contributed by atoms with Crippen LogP contribution < -0.4 is 0 Å². The standard InChI is InChI=1S/C12H19O/c1-10(2)5-7-12(9-13)8-6-11(3)4/h12H,1,3,5-8H2,2,4H3. The van der Waals surface area contributed by atoms with Crippen molar-refractivity contribution < 1.29 is 4.79 Å². The molecule has 0 rings (SSSR count). The number of hydrogen-bond acceptors (Lipinski definition) is 1. The third-order valence-corrected chi connectivity index (χ3v) is 2.01. The van der Waals surface area contributed by atoms with Crippen molar-refractivity contribution in [3.05, 3.63) is 24.3 Å². The highest BCUT2D eigenvalue weighted by molar-refractivity contribution is 5.54. The fourth-order valence-electron chi connectivity index (χ4n) is 1.10. The highest BCUT2D eigenvalue weighted by Gasteiger charge is 2.07. The molecule has 0 bridgehead atoms. The molecule has 0 aromatic carbocycles. The van der Waals surface area contributed by atoms with E-state index in [2.05, 4.69) is 19.4 Å². The van der Waals surface area contributed by atoms with Gasteiger partial charge in [-0.1, -0.05) is 11.1 Å². The molecule has 0 fully saturated rings. The van der Waals surface area contributed by atoms with E-state index in [0.29, 0.717) is 0 Å². The minimum absolute atomic E-state index is 0.0633. The van der Waals surface area contributed by atoms with E-state index in [1.54, 1.807) is 0 Å². The molecule has 0 spiro atoms. The summed E-state index contributed by atoms with van der Waals surface area (Å²) < 4.78 is 0. The molecule has 0 N–H and O–H groups in total. The van der Waals surface area contributed by atoms with Crippen LogP contribution in [0.5, 0.6) is 0 Å². The molecule has 13 heavy (non-hydrogen) atoms. The number of allylic oxidation sites excluding steroid dienone is 2. The Kier molecular flexibility index (Phi) is 6.21. The molecule has 0 heterocycles. The van der Waals surface area contributed by atoms with Crippen LogP contribution in [0.1, 0.15) is 39.5 Å². The van der Waals surface area contributed by atoms with Crippen LogP contribution in [-0.4, -0.2) is 6.29 Å². The molecule has 1 radical (unpaired) electrons. The minimum atomic E-state index is 0.0633. The summed E-state index contributed by atoms with van der Waals surface area (Å²) >= 11 is 0. The summed E-state index contributed by atoms with van der Waals surface area (Å²) in [4.78, 5) is 10.5. The average molecular weight is 179 g/mol. The van der Waals surface area contributed by atoms with E-state index < -0.39 is 0 Å². The molecule has 1 nitrogen and oxygen atoms in total. The molecule has 0 aromatic rings. The van der Waals surface area contributed by atoms with Crippen molar-refractivity contribution in [2.45, 2.75) is 39.5 Å². The van der Waals surface area contributed by atoms with Crippen LogP contribution in [0, 0.1) is 5.92 Å². The van der Waals surface area contributed by atoms with Crippen molar-refractivity contribution in [2.24, 2.45) is 5.92 Å². The lowest BCUT2D eigenvalue weighted by Gasteiger charge is -2.08. The SMILES string of the molecule is C=C(C)CCC([C]=O)CCC(=C)C. The maximum absolute atomic E-state index is 10.5. The molecular weight excluding hydrogens is 160 g/mol. The molecule has 0 aliphatic carbocycles. The first kappa shape index (κ1) is 12.2. The summed E-state index contributed by atoms with van der Waals surface area (Å²) in [6.07, 6.45) is 5.70. The van der Waals surface area contributed by atoms with Crippen LogP contribution in [0.3, 0.4) is 0 Å². The summed E-state index contributed by atoms with van der Waals surface area (Å²) in [5.41, 5.74) is 2.27. The molecule has 0 amide bonds. The lowest BCUT2D eigenvalue weighted by Crippen LogP contribution is -2.02. The van der Waals surface area contributed by atoms with Crippen LogP contribution >= 0.6 is 0 Å². The van der Waals surface area contributed by atoms with E-state index in [9.17, 15) is 4.79 Å². The van der Waals surface area contributed by atoms with Gasteiger partial charge < -0.3 is 0 Å². The third kappa shape index (κ3) is 7.51. The Balaban J connectivity index is 3.69. The summed E-state index contributed by atoms with van der Waals surface area (Å²) in [6, 6.07) is 0. The molecule has 0 aliphatic rings. The van der Waals surface area contributed by atoms with Gasteiger partial charge in [-0.2, -0.15) is 0 Å². The zero-order valence-electron chi connectivity index (χ0n) is 8.73. The lowest BCUT2D eigenvalue weighted by atomic mass is 9.96. The van der Waals surface area contributed by atoms with Gasteiger partial charge >= 0.3 is 0 Å². The highest BCUT2D eigenvalue weighted by atomic mass is 16.1. The number of hydrogen-bond donors (Lipinski definition) is 0. The van der Waals surface area contributed by atoms with Gasteiger partial charge in [0.2, 0.25) is 6.29 Å². The minimum Gasteiger partial charge on any atom is -0.291 e. The van der Waals surface area contributed by atoms with Gasteiger partial charge in [0.1, 0.15) is 0 Å². The Hall–Kier alpha value is -0.850. The van der Waals surface area contributed by atoms with Crippen LogP contribution in [0.15, 0.2) is 24.3 Å². The van der Waals surface area contributed by atoms with Crippen molar-refractivity contribution in [1.82, 2.24) is 0 Å². The molecule has 0 unspecified atom stereocenters. The van der Waals surface area contributed by atoms with Crippen molar-refractivity contribution in [2.75, 3.05) is 0 Å². The van der Waals surface area contributed by atoms with Crippen molar-refractivity contribution in [3.63, 3.8) is 0 Å². The molecule has 0 saturated carbocycles. The van der Waals surface area contributed by atoms with E-state index in [4.69, 9.17) is 0 Å². The van der Waals surface area contributed by atoms with Crippen molar-refractivity contribution in [1.29, 1.82) is 0 Å². The van der Waals surface area contributed by atoms with Gasteiger partial charge in [-0.3, -0.25) is 4.79 Å². The smallest absolute Gasteiger partial charge is 0.201 e. The first-order valence-corrected chi connectivity index (χ1v) is 4.72. The Morgan fingerprint density at radius 1 is 1.15 bits per heavy atom. The fourth-order valence-corrected chi connectivity index (χ4v) is 1.10. The summed E-state index contributed by atoms with van der Waals surface area (Å²) in [7, 11) is 0. The summed E-state index contributed by atoms with van der Waals surface area (Å²) in [5.74, 6) is 0.0633. The maximum Gasteiger partial charge on any atom is 0.201 e. The summed E-state index contributed by atoms with van der Waals surface area (Å²) in [5, 5.41) is 0. The number of carbonyl (C=O) groups excluding carboxylic acids is 1. The van der Waals surface area contributed by atoms with E-state index in [1.807, 2.05) is 13.8 Å². The van der Waals surface area contributed by atoms with Gasteiger partial charge in [-0.25, -0.2) is 0 Å². The van der Waals surface area contributed by atoms with E-state index in [-0.39, 0.29) is 5.92 Å². The monoisotopic (exact) mass is 179 g/mol. The zero-order chi connectivity index (χ0) is 10.3. The van der Waals surface area contributed by atoms with Crippen molar-refractivity contribution in [3.8, 4) is 0 Å². The van der Waals surface area contributed by atoms with Crippen LogP contribution in [-0.2, 0) is 4.79 Å². The fraction of sp³-hybridized carbons (Fsp3) is 0.583. The second-order valence-corrected chi connectivity index (χ2v) is 3.81. The largest absolute Gasteiger partial charge is 0.291 e. The van der Waals surface area contributed by atoms with Crippen LogP contribution in [0.25, 0.3) is 0 Å². The van der Waals surface area contributed by atoms with Crippen molar-refractivity contribution >= 4 is 6.29 Å². The molecule has 0 aromatic heterocycles. The van der Waals surface area contributed by atoms with Gasteiger partial charge in [0.05, 0.1) is 0 Å². The lowest BCUT2D eigenvalue weighted by molar-refractivity contribution is 0.489. The molecule has 0 saturated heterocycles. The zero-order valence-corrected chi connectivity index (χ0v) is 8.73. The van der Waals surface area contributed by atoms with E-state index in [1.165, 1.54) is 0 Å². The molecule has 0 atom stereocenters. The Morgan fingerprint density at radius 2 is 1.54 bits per heavy atom. The predicted molar refractivity (Wildman–Crippen MR) is 57.3 cm³/mol. The van der Waals surface area contributed by atoms with E-state index >= 15 is 0 Å². The average Bonchev–Trinajstić information content (AvgIpc) is 2.04. The highest BCUT2D eigenvalue weighted by Crippen LogP contribution is 2.16. The second kappa shape index (κ2) is 6.64. The first-order chi connectivity index (χ1) is 6.06. The third-order valence-electron chi connectivity index (χ3n) is 2.01. The van der Waals surface area contributed by atoms with Gasteiger partial charge in [0.25, 0.3) is 0 Å². The van der Waals surface area contributed by atoms with Gasteiger partial charge in [0.15, 0.2) is 0 Å². The summed E-state index contributed by atoms with van der Waals surface area (Å²) in [6.45, 7) is 11.6. The predicted octanol–water partition coefficient (Wildman–Crippen LogP) is 3.42. The van der Waals surface area contributed by atoms with Crippen LogP contribution in [0.4, 0.5) is 0 Å². The van der Waals surface area contributed by atoms with Gasteiger partial charge in [0, 0.05) is 5.92 Å². The Bertz CT molecular complexity index is 173. The molecular formula is C12H19O. The van der Waals surface area contributed by atoms with Gasteiger partial charge in [-0.15, -0.1) is 13.2 Å². The van der Waals surface area contributed by atoms with Gasteiger partial charge in [-0.05, 0) is 39.5 Å². The number of rotatable bonds is 7. The second-order valence-electron chi connectivity index (χ2n) is 3.81. The normalized spacial score (nSPS) is 10.1. The Labute approximate surface area is 81.5 Å². The quantitative estimate of drug-likeness (QED) is 0.547. The van der Waals surface area contributed by atoms with E-state index in [0.717, 1.165) is 36.8 Å². The first-order valence-electron chi connectivity index (χ1n) is 4.72. The maximum atomic E-state index is 10.5. The topological polar surface area (TPSA) is 17.1 Å². The Morgan fingerprint density at radius 3 is 1.77 bits per heavy atom. The molecule has 0 aliphatic heterocycles.